The number of benzene rings is 2. The summed E-state index contributed by atoms with van der Waals surface area (Å²) in [4.78, 5) is 48.4. The van der Waals surface area contributed by atoms with Gasteiger partial charge < -0.3 is 29.9 Å². The van der Waals surface area contributed by atoms with Gasteiger partial charge in [-0.15, -0.1) is 21.5 Å². The van der Waals surface area contributed by atoms with E-state index in [1.54, 1.807) is 29.2 Å². The monoisotopic (exact) mass is 785 g/mol. The molecule has 6 rings (SSSR count). The van der Waals surface area contributed by atoms with Gasteiger partial charge in [-0.25, -0.2) is 0 Å². The van der Waals surface area contributed by atoms with E-state index in [4.69, 9.17) is 31.3 Å². The van der Waals surface area contributed by atoms with Gasteiger partial charge in [0.15, 0.2) is 5.82 Å². The number of aliphatic imine (C=N–C) groups is 1. The SMILES string of the molecule is CCC(=O)N(CCC#N)c1ccc2c(c1)OCCN2CC(=O)NCCOCCNC(=O)C[C@@H]1N=C(c2ccc(Cl)cc2)c2c(sc(C)c2C)-n2c(C)nnc21. The Kier molecular flexibility index (Phi) is 12.8. The van der Waals surface area contributed by atoms with Crippen molar-refractivity contribution in [3.8, 4) is 16.8 Å². The molecule has 55 heavy (non-hydrogen) atoms. The van der Waals surface area contributed by atoms with Crippen LogP contribution in [0.2, 0.25) is 5.02 Å². The molecule has 14 nitrogen and oxygen atoms in total. The Balaban J connectivity index is 0.981. The molecule has 0 saturated carbocycles. The van der Waals surface area contributed by atoms with Gasteiger partial charge in [-0.3, -0.25) is 23.9 Å². The summed E-state index contributed by atoms with van der Waals surface area (Å²) in [6, 6.07) is 14.5. The summed E-state index contributed by atoms with van der Waals surface area (Å²) in [5.74, 6) is 1.47. The lowest BCUT2D eigenvalue weighted by atomic mass is 9.99. The minimum absolute atomic E-state index is 0.0700. The number of aryl methyl sites for hydroxylation is 2. The molecule has 0 fully saturated rings. The van der Waals surface area contributed by atoms with Crippen LogP contribution in [0.4, 0.5) is 11.4 Å². The molecule has 4 aromatic rings. The van der Waals surface area contributed by atoms with Crippen molar-refractivity contribution in [3.63, 3.8) is 0 Å². The second-order valence-corrected chi connectivity index (χ2v) is 14.8. The molecule has 16 heteroatoms. The summed E-state index contributed by atoms with van der Waals surface area (Å²) in [5.41, 5.74) is 5.22. The minimum Gasteiger partial charge on any atom is -0.489 e. The summed E-state index contributed by atoms with van der Waals surface area (Å²) in [7, 11) is 0. The van der Waals surface area contributed by atoms with Crippen LogP contribution in [-0.2, 0) is 19.1 Å². The van der Waals surface area contributed by atoms with Crippen LogP contribution in [0.15, 0.2) is 47.5 Å². The van der Waals surface area contributed by atoms with Crippen molar-refractivity contribution in [1.29, 1.82) is 5.26 Å². The normalized spacial score (nSPS) is 14.4. The molecule has 2 aromatic carbocycles. The number of hydrogen-bond donors (Lipinski definition) is 2. The molecule has 2 aliphatic rings. The molecular formula is C39H44ClN9O5S. The Bertz CT molecular complexity index is 2120. The van der Waals surface area contributed by atoms with E-state index in [1.807, 2.05) is 52.8 Å². The molecule has 0 saturated heterocycles. The van der Waals surface area contributed by atoms with Crippen molar-refractivity contribution in [2.24, 2.45) is 4.99 Å². The number of nitriles is 1. The first-order chi connectivity index (χ1) is 26.6. The zero-order valence-corrected chi connectivity index (χ0v) is 32.9. The average molecular weight is 786 g/mol. The molecule has 288 valence electrons. The number of halogens is 1. The van der Waals surface area contributed by atoms with Crippen molar-refractivity contribution in [2.45, 2.75) is 53.0 Å². The Morgan fingerprint density at radius 1 is 1.07 bits per heavy atom. The van der Waals surface area contributed by atoms with E-state index in [-0.39, 0.29) is 56.9 Å². The first kappa shape index (κ1) is 39.4. The summed E-state index contributed by atoms with van der Waals surface area (Å²) in [6.45, 7) is 10.3. The van der Waals surface area contributed by atoms with Gasteiger partial charge >= 0.3 is 0 Å². The van der Waals surface area contributed by atoms with Crippen LogP contribution >= 0.6 is 22.9 Å². The number of ether oxygens (including phenoxy) is 2. The highest BCUT2D eigenvalue weighted by Crippen LogP contribution is 2.40. The van der Waals surface area contributed by atoms with Gasteiger partial charge in [0.2, 0.25) is 17.7 Å². The Hall–Kier alpha value is -5.30. The number of carbonyl (C=O) groups is 3. The third kappa shape index (κ3) is 8.99. The molecule has 3 amide bonds. The van der Waals surface area contributed by atoms with Gasteiger partial charge in [-0.1, -0.05) is 30.7 Å². The van der Waals surface area contributed by atoms with E-state index in [1.165, 1.54) is 4.88 Å². The lowest BCUT2D eigenvalue weighted by molar-refractivity contribution is -0.121. The zero-order chi connectivity index (χ0) is 39.1. The summed E-state index contributed by atoms with van der Waals surface area (Å²) in [5, 5.41) is 25.3. The molecule has 0 aliphatic carbocycles. The molecule has 0 radical (unpaired) electrons. The van der Waals surface area contributed by atoms with E-state index >= 15 is 0 Å². The number of amides is 3. The van der Waals surface area contributed by atoms with Crippen molar-refractivity contribution >= 4 is 57.7 Å². The molecule has 0 unspecified atom stereocenters. The van der Waals surface area contributed by atoms with Crippen LogP contribution in [0, 0.1) is 32.1 Å². The number of rotatable bonds is 15. The second-order valence-electron chi connectivity index (χ2n) is 13.2. The third-order valence-corrected chi connectivity index (χ3v) is 10.9. The van der Waals surface area contributed by atoms with Gasteiger partial charge in [-0.2, -0.15) is 5.26 Å². The number of hydrogen-bond acceptors (Lipinski definition) is 11. The molecule has 2 aliphatic heterocycles. The maximum absolute atomic E-state index is 13.2. The largest absolute Gasteiger partial charge is 0.489 e. The van der Waals surface area contributed by atoms with Crippen LogP contribution < -0.4 is 25.2 Å². The number of fused-ring (bicyclic) bond motifs is 4. The predicted octanol–water partition coefficient (Wildman–Crippen LogP) is 4.99. The molecule has 2 N–H and O–H groups in total. The van der Waals surface area contributed by atoms with Gasteiger partial charge in [0.25, 0.3) is 0 Å². The van der Waals surface area contributed by atoms with Crippen molar-refractivity contribution < 1.29 is 23.9 Å². The summed E-state index contributed by atoms with van der Waals surface area (Å²) >= 11 is 7.87. The quantitative estimate of drug-likeness (QED) is 0.158. The molecule has 4 heterocycles. The second kappa shape index (κ2) is 17.9. The molecule has 0 spiro atoms. The number of nitrogens with zero attached hydrogens (tertiary/aromatic N) is 7. The fourth-order valence-corrected chi connectivity index (χ4v) is 7.93. The lowest BCUT2D eigenvalue weighted by Gasteiger charge is -2.32. The van der Waals surface area contributed by atoms with Crippen LogP contribution in [-0.4, -0.2) is 90.7 Å². The van der Waals surface area contributed by atoms with Gasteiger partial charge in [0, 0.05) is 58.8 Å². The molecule has 0 bridgehead atoms. The molecular weight excluding hydrogens is 742 g/mol. The third-order valence-electron chi connectivity index (χ3n) is 9.47. The maximum Gasteiger partial charge on any atom is 0.239 e. The number of anilines is 2. The van der Waals surface area contributed by atoms with E-state index < -0.39 is 6.04 Å². The number of carbonyl (C=O) groups excluding carboxylic acids is 3. The summed E-state index contributed by atoms with van der Waals surface area (Å²) in [6.07, 6.45) is 0.610. The van der Waals surface area contributed by atoms with Crippen LogP contribution in [0.5, 0.6) is 5.75 Å². The summed E-state index contributed by atoms with van der Waals surface area (Å²) < 4.78 is 13.6. The van der Waals surface area contributed by atoms with Crippen LogP contribution in [0.25, 0.3) is 5.00 Å². The fourth-order valence-electron chi connectivity index (χ4n) is 6.59. The van der Waals surface area contributed by atoms with Crippen molar-refractivity contribution in [3.05, 3.63) is 80.7 Å². The topological polar surface area (TPSA) is 167 Å². The first-order valence-electron chi connectivity index (χ1n) is 18.3. The van der Waals surface area contributed by atoms with Crippen LogP contribution in [0.3, 0.4) is 0 Å². The van der Waals surface area contributed by atoms with E-state index in [9.17, 15) is 14.4 Å². The van der Waals surface area contributed by atoms with Crippen LogP contribution in [0.1, 0.15) is 65.4 Å². The zero-order valence-electron chi connectivity index (χ0n) is 31.4. The lowest BCUT2D eigenvalue weighted by Crippen LogP contribution is -2.42. The first-order valence-corrected chi connectivity index (χ1v) is 19.5. The smallest absolute Gasteiger partial charge is 0.239 e. The Morgan fingerprint density at radius 3 is 2.55 bits per heavy atom. The van der Waals surface area contributed by atoms with Gasteiger partial charge in [-0.05, 0) is 50.6 Å². The van der Waals surface area contributed by atoms with Gasteiger partial charge in [0.05, 0.1) is 56.6 Å². The number of aromatic nitrogens is 3. The number of nitrogens with one attached hydrogen (secondary N) is 2. The van der Waals surface area contributed by atoms with Crippen molar-refractivity contribution in [2.75, 3.05) is 62.3 Å². The average Bonchev–Trinajstić information content (AvgIpc) is 3.66. The van der Waals surface area contributed by atoms with Gasteiger partial charge in [0.1, 0.15) is 29.2 Å². The Labute approximate surface area is 329 Å². The fraction of sp³-hybridized carbons (Fsp3) is 0.410. The van der Waals surface area contributed by atoms with E-state index in [0.717, 1.165) is 38.9 Å². The molecule has 1 atom stereocenters. The van der Waals surface area contributed by atoms with E-state index in [2.05, 4.69) is 40.7 Å². The maximum atomic E-state index is 13.2. The highest BCUT2D eigenvalue weighted by molar-refractivity contribution is 7.15. The van der Waals surface area contributed by atoms with Crippen molar-refractivity contribution in [1.82, 2.24) is 25.4 Å². The highest BCUT2D eigenvalue weighted by Gasteiger charge is 2.32. The van der Waals surface area contributed by atoms with E-state index in [0.29, 0.717) is 54.9 Å². The minimum atomic E-state index is -0.572. The number of thiophene rings is 1. The Morgan fingerprint density at radius 2 is 1.82 bits per heavy atom. The highest BCUT2D eigenvalue weighted by atomic mass is 35.5. The predicted molar refractivity (Wildman–Crippen MR) is 212 cm³/mol. The standard InChI is InChI=1S/C39H44ClN9O5S/c1-5-35(52)48(16-6-13-41)29-11-12-31-32(21-29)54-20-17-47(31)23-34(51)43-15-19-53-18-14-42-33(50)22-30-38-46-45-26(4)49(38)39-36(24(2)25(3)55-39)37(44-30)27-7-9-28(40)10-8-27/h7-12,21,30H,5-6,14-20,22-23H2,1-4H3,(H,42,50)(H,43,51)/t30-/m0/s1. The molecule has 2 aromatic heterocycles.